The van der Waals surface area contributed by atoms with E-state index in [2.05, 4.69) is 28.1 Å². The van der Waals surface area contributed by atoms with E-state index in [-0.39, 0.29) is 5.82 Å². The van der Waals surface area contributed by atoms with Crippen molar-refractivity contribution in [1.82, 2.24) is 24.5 Å². The van der Waals surface area contributed by atoms with Crippen molar-refractivity contribution < 1.29 is 4.39 Å². The van der Waals surface area contributed by atoms with Crippen LogP contribution in [0.2, 0.25) is 0 Å². The zero-order valence-electron chi connectivity index (χ0n) is 14.3. The number of likely N-dealkylation sites (N-methyl/N-ethyl adjacent to an activating group) is 1. The number of hydrogen-bond acceptors (Lipinski definition) is 3. The van der Waals surface area contributed by atoms with Crippen molar-refractivity contribution in [2.75, 3.05) is 13.6 Å². The Morgan fingerprint density at radius 3 is 2.71 bits per heavy atom. The molecule has 0 aliphatic heterocycles. The Morgan fingerprint density at radius 1 is 1.21 bits per heavy atom. The summed E-state index contributed by atoms with van der Waals surface area (Å²) in [6, 6.07) is 8.75. The first-order valence-corrected chi connectivity index (χ1v) is 8.01. The second-order valence-corrected chi connectivity index (χ2v) is 6.11. The molecule has 0 amide bonds. The minimum Gasteiger partial charge on any atom is -0.300 e. The maximum atomic E-state index is 13.7. The number of halogens is 1. The zero-order chi connectivity index (χ0) is 17.1. The lowest BCUT2D eigenvalue weighted by molar-refractivity contribution is 0.303. The number of nitrogens with zero attached hydrogens (tertiary/aromatic N) is 5. The highest BCUT2D eigenvalue weighted by Gasteiger charge is 2.10. The van der Waals surface area contributed by atoms with Gasteiger partial charge in [-0.05, 0) is 56.8 Å². The smallest absolute Gasteiger partial charge is 0.123 e. The molecule has 0 fully saturated rings. The molecule has 0 radical (unpaired) electrons. The quantitative estimate of drug-likeness (QED) is 0.699. The van der Waals surface area contributed by atoms with Crippen LogP contribution in [-0.4, -0.2) is 38.1 Å². The molecule has 6 heteroatoms. The summed E-state index contributed by atoms with van der Waals surface area (Å²) in [7, 11) is 2.03. The number of hydrogen-bond donors (Lipinski definition) is 0. The molecular formula is C18H22FN5. The molecule has 2 aromatic heterocycles. The molecule has 0 N–H and O–H groups in total. The predicted octanol–water partition coefficient (Wildman–Crippen LogP) is 2.96. The molecule has 5 nitrogen and oxygen atoms in total. The lowest BCUT2D eigenvalue weighted by atomic mass is 10.1. The molecule has 2 heterocycles. The van der Waals surface area contributed by atoms with Crippen LogP contribution in [0.1, 0.15) is 17.0 Å². The molecule has 1 aromatic carbocycles. The fourth-order valence-electron chi connectivity index (χ4n) is 2.85. The van der Waals surface area contributed by atoms with E-state index >= 15 is 0 Å². The molecule has 0 aliphatic carbocycles. The third kappa shape index (κ3) is 3.71. The Hall–Kier alpha value is -2.47. The van der Waals surface area contributed by atoms with Crippen molar-refractivity contribution >= 4 is 0 Å². The third-order valence-electron chi connectivity index (χ3n) is 4.03. The van der Waals surface area contributed by atoms with E-state index in [0.717, 1.165) is 35.7 Å². The van der Waals surface area contributed by atoms with Gasteiger partial charge in [0.1, 0.15) is 5.82 Å². The molecule has 126 valence electrons. The van der Waals surface area contributed by atoms with E-state index in [9.17, 15) is 4.39 Å². The third-order valence-corrected chi connectivity index (χ3v) is 4.03. The number of aryl methyl sites for hydroxylation is 2. The first kappa shape index (κ1) is 16.4. The molecule has 0 saturated heterocycles. The number of rotatable bonds is 6. The predicted molar refractivity (Wildman–Crippen MR) is 91.6 cm³/mol. The molecule has 0 bridgehead atoms. The lowest BCUT2D eigenvalue weighted by Gasteiger charge is -2.19. The zero-order valence-corrected chi connectivity index (χ0v) is 14.3. The van der Waals surface area contributed by atoms with Gasteiger partial charge in [-0.2, -0.15) is 10.2 Å². The average Bonchev–Trinajstić information content (AvgIpc) is 3.15. The Bertz CT molecular complexity index is 807. The summed E-state index contributed by atoms with van der Waals surface area (Å²) in [5.41, 5.74) is 4.00. The van der Waals surface area contributed by atoms with Gasteiger partial charge < -0.3 is 4.90 Å². The molecule has 0 unspecified atom stereocenters. The van der Waals surface area contributed by atoms with Gasteiger partial charge in [-0.15, -0.1) is 0 Å². The fraction of sp³-hybridized carbons (Fsp3) is 0.333. The van der Waals surface area contributed by atoms with Crippen LogP contribution in [0.4, 0.5) is 4.39 Å². The Balaban J connectivity index is 1.71. The van der Waals surface area contributed by atoms with Crippen molar-refractivity contribution in [3.05, 3.63) is 65.5 Å². The van der Waals surface area contributed by atoms with Crippen molar-refractivity contribution in [1.29, 1.82) is 0 Å². The van der Waals surface area contributed by atoms with Crippen molar-refractivity contribution in [2.45, 2.75) is 26.9 Å². The largest absolute Gasteiger partial charge is 0.300 e. The van der Waals surface area contributed by atoms with Gasteiger partial charge in [-0.3, -0.25) is 4.68 Å². The van der Waals surface area contributed by atoms with Crippen LogP contribution in [0.3, 0.4) is 0 Å². The van der Waals surface area contributed by atoms with Gasteiger partial charge in [0, 0.05) is 31.2 Å². The Kier molecular flexibility index (Phi) is 4.76. The summed E-state index contributed by atoms with van der Waals surface area (Å²) in [5.74, 6) is -0.229. The minimum absolute atomic E-state index is 0.229. The van der Waals surface area contributed by atoms with Gasteiger partial charge in [0.25, 0.3) is 0 Å². The number of benzene rings is 1. The van der Waals surface area contributed by atoms with Gasteiger partial charge in [0.05, 0.1) is 17.9 Å². The van der Waals surface area contributed by atoms with Gasteiger partial charge in [0.2, 0.25) is 0 Å². The van der Waals surface area contributed by atoms with Crippen molar-refractivity contribution in [3.8, 4) is 5.69 Å². The molecule has 0 atom stereocenters. The van der Waals surface area contributed by atoms with Crippen LogP contribution in [0.5, 0.6) is 0 Å². The van der Waals surface area contributed by atoms with Crippen LogP contribution in [0.25, 0.3) is 5.69 Å². The highest BCUT2D eigenvalue weighted by Crippen LogP contribution is 2.17. The molecule has 0 spiro atoms. The number of aromatic nitrogens is 4. The average molecular weight is 327 g/mol. The molecule has 24 heavy (non-hydrogen) atoms. The van der Waals surface area contributed by atoms with E-state index < -0.39 is 0 Å². The highest BCUT2D eigenvalue weighted by atomic mass is 19.1. The lowest BCUT2D eigenvalue weighted by Crippen LogP contribution is -2.24. The molecular weight excluding hydrogens is 305 g/mol. The monoisotopic (exact) mass is 327 g/mol. The van der Waals surface area contributed by atoms with Gasteiger partial charge in [-0.1, -0.05) is 0 Å². The second-order valence-electron chi connectivity index (χ2n) is 6.11. The van der Waals surface area contributed by atoms with E-state index in [4.69, 9.17) is 0 Å². The Morgan fingerprint density at radius 2 is 2.04 bits per heavy atom. The minimum atomic E-state index is -0.229. The normalized spacial score (nSPS) is 11.4. The summed E-state index contributed by atoms with van der Waals surface area (Å²) >= 11 is 0. The van der Waals surface area contributed by atoms with Crippen molar-refractivity contribution in [3.63, 3.8) is 0 Å². The topological polar surface area (TPSA) is 38.9 Å². The van der Waals surface area contributed by atoms with Crippen LogP contribution in [0.15, 0.2) is 42.7 Å². The summed E-state index contributed by atoms with van der Waals surface area (Å²) in [6.45, 7) is 6.34. The van der Waals surface area contributed by atoms with Crippen LogP contribution >= 0.6 is 0 Å². The summed E-state index contributed by atoms with van der Waals surface area (Å²) in [6.07, 6.45) is 3.59. The van der Waals surface area contributed by atoms with Crippen LogP contribution in [-0.2, 0) is 13.1 Å². The van der Waals surface area contributed by atoms with E-state index in [0.29, 0.717) is 6.54 Å². The first-order valence-electron chi connectivity index (χ1n) is 8.01. The first-order chi connectivity index (χ1) is 11.5. The molecule has 0 aliphatic rings. The van der Waals surface area contributed by atoms with Crippen LogP contribution < -0.4 is 0 Å². The molecule has 3 aromatic rings. The van der Waals surface area contributed by atoms with E-state index in [1.54, 1.807) is 23.0 Å². The summed E-state index contributed by atoms with van der Waals surface area (Å²) < 4.78 is 17.5. The van der Waals surface area contributed by atoms with Gasteiger partial charge >= 0.3 is 0 Å². The molecule has 3 rings (SSSR count). The summed E-state index contributed by atoms with van der Waals surface area (Å²) in [5, 5.41) is 8.73. The highest BCUT2D eigenvalue weighted by molar-refractivity contribution is 5.40. The fourth-order valence-corrected chi connectivity index (χ4v) is 2.85. The standard InChI is InChI=1S/C18H22FN5/c1-14-11-15(2)23(21-14)10-9-22(3)13-16-12-17(19)5-6-18(16)24-8-4-7-20-24/h4-8,11-12H,9-10,13H2,1-3H3. The summed E-state index contributed by atoms with van der Waals surface area (Å²) in [4.78, 5) is 2.16. The van der Waals surface area contributed by atoms with Crippen molar-refractivity contribution in [2.24, 2.45) is 0 Å². The molecule has 0 saturated carbocycles. The van der Waals surface area contributed by atoms with Crippen LogP contribution in [0, 0.1) is 19.7 Å². The van der Waals surface area contributed by atoms with E-state index in [1.165, 1.54) is 6.07 Å². The van der Waals surface area contributed by atoms with Gasteiger partial charge in [-0.25, -0.2) is 9.07 Å². The SMILES string of the molecule is Cc1cc(C)n(CCN(C)Cc2cc(F)ccc2-n2cccn2)n1. The van der Waals surface area contributed by atoms with Gasteiger partial charge in [0.15, 0.2) is 0 Å². The maximum Gasteiger partial charge on any atom is 0.123 e. The maximum absolute atomic E-state index is 13.7. The second kappa shape index (κ2) is 6.97. The Labute approximate surface area is 141 Å². The van der Waals surface area contributed by atoms with E-state index in [1.807, 2.05) is 30.9 Å².